The lowest BCUT2D eigenvalue weighted by Crippen LogP contribution is -1.98. The van der Waals surface area contributed by atoms with Crippen LogP contribution in [-0.2, 0) is 0 Å². The van der Waals surface area contributed by atoms with Crippen molar-refractivity contribution >= 4 is 11.5 Å². The predicted molar refractivity (Wildman–Crippen MR) is 87.6 cm³/mol. The molecule has 126 valence electrons. The summed E-state index contributed by atoms with van der Waals surface area (Å²) < 4.78 is 10.6. The minimum absolute atomic E-state index is 0.0384. The zero-order valence-electron chi connectivity index (χ0n) is 13.4. The van der Waals surface area contributed by atoms with Crippen molar-refractivity contribution in [2.24, 2.45) is 0 Å². The number of nitrogens with zero attached hydrogens (tertiary/aromatic N) is 3. The van der Waals surface area contributed by atoms with Crippen molar-refractivity contribution in [1.29, 1.82) is 0 Å². The molecule has 25 heavy (non-hydrogen) atoms. The molecule has 0 unspecified atom stereocenters. The fraction of sp³-hybridized carbons (Fsp3) is 0.118. The molecule has 0 radical (unpaired) electrons. The van der Waals surface area contributed by atoms with Gasteiger partial charge >= 0.3 is 5.69 Å². The second kappa shape index (κ2) is 6.52. The minimum atomic E-state index is -0.589. The van der Waals surface area contributed by atoms with Crippen LogP contribution >= 0.6 is 0 Å². The van der Waals surface area contributed by atoms with Gasteiger partial charge in [-0.25, -0.2) is 0 Å². The van der Waals surface area contributed by atoms with Gasteiger partial charge in [0, 0.05) is 24.1 Å². The van der Waals surface area contributed by atoms with E-state index in [9.17, 15) is 14.9 Å². The Balaban J connectivity index is 1.95. The van der Waals surface area contributed by atoms with E-state index in [-0.39, 0.29) is 22.8 Å². The summed E-state index contributed by atoms with van der Waals surface area (Å²) >= 11 is 0. The van der Waals surface area contributed by atoms with Crippen LogP contribution in [0.15, 0.2) is 47.0 Å². The van der Waals surface area contributed by atoms with Gasteiger partial charge in [0.05, 0.1) is 4.92 Å². The molecule has 0 saturated heterocycles. The fourth-order valence-corrected chi connectivity index (χ4v) is 2.21. The minimum Gasteiger partial charge on any atom is -0.450 e. The topological polar surface area (TPSA) is 108 Å². The van der Waals surface area contributed by atoms with Crippen LogP contribution in [0.4, 0.5) is 5.69 Å². The number of nitro benzene ring substituents is 1. The van der Waals surface area contributed by atoms with E-state index in [0.717, 1.165) is 0 Å². The highest BCUT2D eigenvalue weighted by Crippen LogP contribution is 2.33. The zero-order valence-corrected chi connectivity index (χ0v) is 13.4. The molecule has 3 rings (SSSR count). The number of carbonyl (C=O) groups excluding carboxylic acids is 1. The summed E-state index contributed by atoms with van der Waals surface area (Å²) in [6.07, 6.45) is 0. The third-order valence-electron chi connectivity index (χ3n) is 3.41. The third-order valence-corrected chi connectivity index (χ3v) is 3.41. The molecule has 8 heteroatoms. The van der Waals surface area contributed by atoms with Gasteiger partial charge in [-0.15, -0.1) is 0 Å². The summed E-state index contributed by atoms with van der Waals surface area (Å²) in [4.78, 5) is 26.2. The number of ether oxygens (including phenoxy) is 1. The molecule has 2 aromatic carbocycles. The zero-order chi connectivity index (χ0) is 18.0. The Bertz CT molecular complexity index is 964. The van der Waals surface area contributed by atoms with Gasteiger partial charge in [-0.05, 0) is 31.2 Å². The highest BCUT2D eigenvalue weighted by Gasteiger charge is 2.18. The van der Waals surface area contributed by atoms with E-state index < -0.39 is 4.92 Å². The molecule has 1 heterocycles. The Kier molecular flexibility index (Phi) is 4.25. The average molecular weight is 339 g/mol. The largest absolute Gasteiger partial charge is 0.450 e. The fourth-order valence-electron chi connectivity index (χ4n) is 2.21. The summed E-state index contributed by atoms with van der Waals surface area (Å²) in [5.74, 6) is 0.973. The molecule has 3 aromatic rings. The van der Waals surface area contributed by atoms with E-state index in [1.54, 1.807) is 31.2 Å². The molecule has 8 nitrogen and oxygen atoms in total. The van der Waals surface area contributed by atoms with Crippen molar-refractivity contribution < 1.29 is 19.0 Å². The predicted octanol–water partition coefficient (Wildman–Crippen LogP) is 3.95. The van der Waals surface area contributed by atoms with Crippen LogP contribution in [0.5, 0.6) is 11.5 Å². The van der Waals surface area contributed by atoms with Crippen LogP contribution in [0.1, 0.15) is 23.2 Å². The Morgan fingerprint density at radius 1 is 1.24 bits per heavy atom. The van der Waals surface area contributed by atoms with E-state index >= 15 is 0 Å². The number of ketones is 1. The Labute approximate surface area is 142 Å². The van der Waals surface area contributed by atoms with Gasteiger partial charge in [0.2, 0.25) is 17.5 Å². The third kappa shape index (κ3) is 3.52. The molecular weight excluding hydrogens is 326 g/mol. The van der Waals surface area contributed by atoms with Gasteiger partial charge in [0.15, 0.2) is 5.78 Å². The van der Waals surface area contributed by atoms with Gasteiger partial charge in [0.25, 0.3) is 0 Å². The van der Waals surface area contributed by atoms with Crippen molar-refractivity contribution in [3.8, 4) is 22.9 Å². The van der Waals surface area contributed by atoms with E-state index in [0.29, 0.717) is 23.0 Å². The molecule has 0 aliphatic rings. The van der Waals surface area contributed by atoms with Crippen molar-refractivity contribution in [1.82, 2.24) is 10.1 Å². The molecule has 0 amide bonds. The summed E-state index contributed by atoms with van der Waals surface area (Å²) in [5.41, 5.74) is 0.612. The van der Waals surface area contributed by atoms with E-state index in [1.165, 1.54) is 25.1 Å². The molecule has 0 fully saturated rings. The van der Waals surface area contributed by atoms with Gasteiger partial charge < -0.3 is 9.26 Å². The lowest BCUT2D eigenvalue weighted by atomic mass is 10.1. The SMILES string of the molecule is CC(=O)c1ccc(Oc2cccc(-c3noc(C)n3)c2)c([N+](=O)[O-])c1. The lowest BCUT2D eigenvalue weighted by molar-refractivity contribution is -0.385. The molecule has 0 bridgehead atoms. The number of hydrogen-bond donors (Lipinski definition) is 0. The van der Waals surface area contributed by atoms with Gasteiger partial charge in [-0.3, -0.25) is 14.9 Å². The maximum Gasteiger partial charge on any atom is 0.312 e. The Morgan fingerprint density at radius 3 is 2.68 bits per heavy atom. The number of aryl methyl sites for hydroxylation is 1. The standard InChI is InChI=1S/C17H13N3O5/c1-10(21)12-6-7-16(15(9-12)20(22)23)24-14-5-3-4-13(8-14)17-18-11(2)25-19-17/h3-9H,1-2H3. The summed E-state index contributed by atoms with van der Waals surface area (Å²) in [7, 11) is 0. The molecule has 0 N–H and O–H groups in total. The van der Waals surface area contributed by atoms with Crippen molar-refractivity contribution in [2.45, 2.75) is 13.8 Å². The number of nitro groups is 1. The van der Waals surface area contributed by atoms with Crippen LogP contribution in [0.2, 0.25) is 0 Å². The summed E-state index contributed by atoms with van der Waals surface area (Å²) in [6, 6.07) is 10.9. The average Bonchev–Trinajstić information content (AvgIpc) is 3.01. The van der Waals surface area contributed by atoms with Crippen LogP contribution in [0.25, 0.3) is 11.4 Å². The molecule has 1 aromatic heterocycles. The second-order valence-electron chi connectivity index (χ2n) is 5.26. The molecule has 0 spiro atoms. The van der Waals surface area contributed by atoms with Crippen LogP contribution < -0.4 is 4.74 Å². The van der Waals surface area contributed by atoms with Crippen LogP contribution in [-0.4, -0.2) is 20.8 Å². The monoisotopic (exact) mass is 339 g/mol. The number of Topliss-reactive ketones (excluding diaryl/α,β-unsaturated/α-hetero) is 1. The maximum absolute atomic E-state index is 11.4. The number of hydrogen-bond acceptors (Lipinski definition) is 7. The van der Waals surface area contributed by atoms with Crippen LogP contribution in [0.3, 0.4) is 0 Å². The lowest BCUT2D eigenvalue weighted by Gasteiger charge is -2.08. The van der Waals surface area contributed by atoms with E-state index in [4.69, 9.17) is 9.26 Å². The van der Waals surface area contributed by atoms with Gasteiger partial charge in [0.1, 0.15) is 5.75 Å². The summed E-state index contributed by atoms with van der Waals surface area (Å²) in [5, 5.41) is 15.1. The normalized spacial score (nSPS) is 10.5. The van der Waals surface area contributed by atoms with Crippen molar-refractivity contribution in [3.63, 3.8) is 0 Å². The maximum atomic E-state index is 11.4. The van der Waals surface area contributed by atoms with Gasteiger partial charge in [-0.2, -0.15) is 4.98 Å². The molecule has 0 aliphatic heterocycles. The molecular formula is C17H13N3O5. The van der Waals surface area contributed by atoms with Crippen molar-refractivity contribution in [2.75, 3.05) is 0 Å². The van der Waals surface area contributed by atoms with Crippen molar-refractivity contribution in [3.05, 3.63) is 64.0 Å². The Hall–Kier alpha value is -3.55. The Morgan fingerprint density at radius 2 is 2.04 bits per heavy atom. The smallest absolute Gasteiger partial charge is 0.312 e. The first kappa shape index (κ1) is 16.3. The second-order valence-corrected chi connectivity index (χ2v) is 5.26. The first-order valence-electron chi connectivity index (χ1n) is 7.32. The molecule has 0 atom stereocenters. The summed E-state index contributed by atoms with van der Waals surface area (Å²) in [6.45, 7) is 3.02. The first-order chi connectivity index (χ1) is 11.9. The molecule has 0 aliphatic carbocycles. The molecule has 0 saturated carbocycles. The highest BCUT2D eigenvalue weighted by molar-refractivity contribution is 5.95. The first-order valence-corrected chi connectivity index (χ1v) is 7.32. The van der Waals surface area contributed by atoms with Gasteiger partial charge in [-0.1, -0.05) is 17.3 Å². The highest BCUT2D eigenvalue weighted by atomic mass is 16.6. The van der Waals surface area contributed by atoms with Crippen LogP contribution in [0, 0.1) is 17.0 Å². The number of carbonyl (C=O) groups is 1. The number of benzene rings is 2. The number of rotatable bonds is 5. The van der Waals surface area contributed by atoms with E-state index in [2.05, 4.69) is 10.1 Å². The number of aromatic nitrogens is 2. The quantitative estimate of drug-likeness (QED) is 0.393. The van der Waals surface area contributed by atoms with E-state index in [1.807, 2.05) is 0 Å².